The number of halogens is 3. The van der Waals surface area contributed by atoms with Gasteiger partial charge in [0.1, 0.15) is 4.90 Å². The Hall–Kier alpha value is 0.150. The smallest absolute Gasteiger partial charge is 0.244 e. The van der Waals surface area contributed by atoms with Crippen LogP contribution < -0.4 is 5.73 Å². The summed E-state index contributed by atoms with van der Waals surface area (Å²) in [4.78, 5) is 0.146. The molecule has 0 aromatic heterocycles. The van der Waals surface area contributed by atoms with Gasteiger partial charge in [0, 0.05) is 23.6 Å². The number of hydrogen-bond donors (Lipinski definition) is 1. The predicted molar refractivity (Wildman–Crippen MR) is 82.4 cm³/mol. The van der Waals surface area contributed by atoms with Crippen molar-refractivity contribution in [2.75, 3.05) is 13.1 Å². The van der Waals surface area contributed by atoms with Crippen LogP contribution in [-0.4, -0.2) is 31.9 Å². The number of nitrogens with zero attached hydrogens (tertiary/aromatic N) is 1. The lowest BCUT2D eigenvalue weighted by Gasteiger charge is -2.23. The molecule has 1 atom stereocenters. The van der Waals surface area contributed by atoms with Crippen LogP contribution >= 0.6 is 39.9 Å². The molecule has 1 unspecified atom stereocenters. The second-order valence-corrected chi connectivity index (χ2v) is 7.40. The molecule has 0 amide bonds. The molecule has 2 N–H and O–H groups in total. The van der Waals surface area contributed by atoms with Crippen molar-refractivity contribution < 1.29 is 8.42 Å². The third-order valence-corrected chi connectivity index (χ3v) is 6.00. The van der Waals surface area contributed by atoms with Crippen LogP contribution in [0, 0.1) is 0 Å². The van der Waals surface area contributed by atoms with Gasteiger partial charge >= 0.3 is 0 Å². The lowest BCUT2D eigenvalue weighted by molar-refractivity contribution is 0.393. The zero-order valence-electron chi connectivity index (χ0n) is 10.1. The first-order valence-corrected chi connectivity index (χ1v) is 8.25. The van der Waals surface area contributed by atoms with Crippen LogP contribution in [0.15, 0.2) is 27.6 Å². The SMILES string of the molecule is Cl.NCC1CCCN1S(=O)(=O)c1ccc(Br)cc1Cl. The molecule has 0 radical (unpaired) electrons. The summed E-state index contributed by atoms with van der Waals surface area (Å²) >= 11 is 9.28. The van der Waals surface area contributed by atoms with E-state index in [4.69, 9.17) is 17.3 Å². The fraction of sp³-hybridized carbons (Fsp3) is 0.455. The monoisotopic (exact) mass is 388 g/mol. The summed E-state index contributed by atoms with van der Waals surface area (Å²) in [5.74, 6) is 0. The second-order valence-electron chi connectivity index (χ2n) is 4.22. The van der Waals surface area contributed by atoms with Crippen LogP contribution in [0.25, 0.3) is 0 Å². The number of sulfonamides is 1. The molecule has 1 fully saturated rings. The van der Waals surface area contributed by atoms with Gasteiger partial charge < -0.3 is 5.73 Å². The summed E-state index contributed by atoms with van der Waals surface area (Å²) < 4.78 is 27.2. The van der Waals surface area contributed by atoms with Crippen molar-refractivity contribution >= 4 is 50.0 Å². The molecule has 0 spiro atoms. The Morgan fingerprint density at radius 3 is 2.74 bits per heavy atom. The Kier molecular flexibility index (Phi) is 6.10. The zero-order chi connectivity index (χ0) is 13.3. The summed E-state index contributed by atoms with van der Waals surface area (Å²) in [7, 11) is -3.55. The molecule has 2 rings (SSSR count). The van der Waals surface area contributed by atoms with Crippen LogP contribution in [0.2, 0.25) is 5.02 Å². The van der Waals surface area contributed by atoms with Gasteiger partial charge in [0.2, 0.25) is 10.0 Å². The standard InChI is InChI=1S/C11H14BrClN2O2S.ClH/c12-8-3-4-11(10(13)6-8)18(16,17)15-5-1-2-9(15)7-14;/h3-4,6,9H,1-2,5,7,14H2;1H. The highest BCUT2D eigenvalue weighted by Gasteiger charge is 2.35. The van der Waals surface area contributed by atoms with E-state index >= 15 is 0 Å². The topological polar surface area (TPSA) is 63.4 Å². The van der Waals surface area contributed by atoms with E-state index in [-0.39, 0.29) is 28.4 Å². The van der Waals surface area contributed by atoms with Gasteiger partial charge in [-0.1, -0.05) is 27.5 Å². The normalized spacial score (nSPS) is 20.3. The molecular weight excluding hydrogens is 375 g/mol. The maximum Gasteiger partial charge on any atom is 0.244 e. The Bertz CT molecular complexity index is 554. The van der Waals surface area contributed by atoms with E-state index in [1.165, 1.54) is 10.4 Å². The molecular formula is C11H15BrCl2N2O2S. The van der Waals surface area contributed by atoms with E-state index in [1.54, 1.807) is 12.1 Å². The Labute approximate surface area is 132 Å². The minimum absolute atomic E-state index is 0. The van der Waals surface area contributed by atoms with Crippen molar-refractivity contribution in [3.05, 3.63) is 27.7 Å². The molecule has 4 nitrogen and oxygen atoms in total. The number of nitrogens with two attached hydrogens (primary N) is 1. The minimum Gasteiger partial charge on any atom is -0.329 e. The van der Waals surface area contributed by atoms with Crippen molar-refractivity contribution in [3.63, 3.8) is 0 Å². The van der Waals surface area contributed by atoms with Gasteiger partial charge in [-0.2, -0.15) is 4.31 Å². The van der Waals surface area contributed by atoms with E-state index in [0.29, 0.717) is 13.1 Å². The van der Waals surface area contributed by atoms with E-state index in [1.807, 2.05) is 0 Å². The first-order chi connectivity index (χ1) is 8.46. The van der Waals surface area contributed by atoms with Crippen molar-refractivity contribution in [1.29, 1.82) is 0 Å². The van der Waals surface area contributed by atoms with Gasteiger partial charge in [-0.15, -0.1) is 12.4 Å². The third-order valence-electron chi connectivity index (χ3n) is 3.08. The van der Waals surface area contributed by atoms with Crippen molar-refractivity contribution in [2.45, 2.75) is 23.8 Å². The van der Waals surface area contributed by atoms with Crippen LogP contribution in [0.1, 0.15) is 12.8 Å². The second kappa shape index (κ2) is 6.74. The van der Waals surface area contributed by atoms with E-state index in [9.17, 15) is 8.42 Å². The summed E-state index contributed by atoms with van der Waals surface area (Å²) in [5.41, 5.74) is 5.61. The molecule has 19 heavy (non-hydrogen) atoms. The highest BCUT2D eigenvalue weighted by atomic mass is 79.9. The maximum atomic E-state index is 12.5. The van der Waals surface area contributed by atoms with Crippen LogP contribution in [0.3, 0.4) is 0 Å². The van der Waals surface area contributed by atoms with Crippen LogP contribution in [0.4, 0.5) is 0 Å². The van der Waals surface area contributed by atoms with Crippen molar-refractivity contribution in [2.24, 2.45) is 5.73 Å². The van der Waals surface area contributed by atoms with E-state index in [0.717, 1.165) is 17.3 Å². The third kappa shape index (κ3) is 3.43. The van der Waals surface area contributed by atoms with Gasteiger partial charge in [0.25, 0.3) is 0 Å². The van der Waals surface area contributed by atoms with Gasteiger partial charge in [-0.3, -0.25) is 0 Å². The quantitative estimate of drug-likeness (QED) is 0.864. The number of rotatable bonds is 3. The largest absolute Gasteiger partial charge is 0.329 e. The zero-order valence-corrected chi connectivity index (χ0v) is 14.0. The molecule has 0 aliphatic carbocycles. The average molecular weight is 390 g/mol. The lowest BCUT2D eigenvalue weighted by Crippen LogP contribution is -2.39. The van der Waals surface area contributed by atoms with Gasteiger partial charge in [0.05, 0.1) is 5.02 Å². The van der Waals surface area contributed by atoms with Gasteiger partial charge in [-0.25, -0.2) is 8.42 Å². The lowest BCUT2D eigenvalue weighted by atomic mass is 10.2. The molecule has 1 aliphatic rings. The summed E-state index contributed by atoms with van der Waals surface area (Å²) in [6.07, 6.45) is 1.65. The fourth-order valence-corrected chi connectivity index (χ4v) is 4.89. The average Bonchev–Trinajstić information content (AvgIpc) is 2.76. The van der Waals surface area contributed by atoms with E-state index < -0.39 is 10.0 Å². The molecule has 1 aliphatic heterocycles. The summed E-state index contributed by atoms with van der Waals surface area (Å²) in [6.45, 7) is 0.851. The highest BCUT2D eigenvalue weighted by Crippen LogP contribution is 2.31. The van der Waals surface area contributed by atoms with Crippen LogP contribution in [0.5, 0.6) is 0 Å². The molecule has 1 aromatic carbocycles. The first-order valence-electron chi connectivity index (χ1n) is 5.64. The number of hydrogen-bond acceptors (Lipinski definition) is 3. The molecule has 0 saturated carbocycles. The first kappa shape index (κ1) is 17.2. The van der Waals surface area contributed by atoms with Gasteiger partial charge in [0.15, 0.2) is 0 Å². The Morgan fingerprint density at radius 2 is 2.16 bits per heavy atom. The molecule has 0 bridgehead atoms. The Balaban J connectivity index is 0.00000180. The Morgan fingerprint density at radius 1 is 1.47 bits per heavy atom. The fourth-order valence-electron chi connectivity index (χ4n) is 2.17. The molecule has 8 heteroatoms. The molecule has 1 heterocycles. The molecule has 108 valence electrons. The van der Waals surface area contributed by atoms with Crippen LogP contribution in [-0.2, 0) is 10.0 Å². The minimum atomic E-state index is -3.55. The molecule has 1 saturated heterocycles. The number of benzene rings is 1. The summed E-state index contributed by atoms with van der Waals surface area (Å²) in [6, 6.07) is 4.66. The van der Waals surface area contributed by atoms with Gasteiger partial charge in [-0.05, 0) is 31.0 Å². The summed E-state index contributed by atoms with van der Waals surface area (Å²) in [5, 5.41) is 0.229. The molecule has 1 aromatic rings. The van der Waals surface area contributed by atoms with E-state index in [2.05, 4.69) is 15.9 Å². The predicted octanol–water partition coefficient (Wildman–Crippen LogP) is 2.64. The van der Waals surface area contributed by atoms with Crippen molar-refractivity contribution in [1.82, 2.24) is 4.31 Å². The van der Waals surface area contributed by atoms with Crippen molar-refractivity contribution in [3.8, 4) is 0 Å². The maximum absolute atomic E-state index is 12.5. The highest BCUT2D eigenvalue weighted by molar-refractivity contribution is 9.10.